The molecular formula is C15H11N3S. The summed E-state index contributed by atoms with van der Waals surface area (Å²) in [6, 6.07) is 9.79. The third-order valence-corrected chi connectivity index (χ3v) is 3.15. The summed E-state index contributed by atoms with van der Waals surface area (Å²) in [5, 5.41) is 9.27. The van der Waals surface area contributed by atoms with Crippen LogP contribution in [-0.2, 0) is 0 Å². The predicted octanol–water partition coefficient (Wildman–Crippen LogP) is 3.15. The van der Waals surface area contributed by atoms with Gasteiger partial charge in [0.15, 0.2) is 0 Å². The van der Waals surface area contributed by atoms with E-state index >= 15 is 0 Å². The fourth-order valence-electron chi connectivity index (χ4n) is 1.88. The van der Waals surface area contributed by atoms with Gasteiger partial charge >= 0.3 is 0 Å². The van der Waals surface area contributed by atoms with Crippen molar-refractivity contribution >= 4 is 18.0 Å². The van der Waals surface area contributed by atoms with E-state index in [0.29, 0.717) is 21.3 Å². The zero-order valence-corrected chi connectivity index (χ0v) is 11.1. The average Bonchev–Trinajstić information content (AvgIpc) is 2.39. The monoisotopic (exact) mass is 265 g/mol. The summed E-state index contributed by atoms with van der Waals surface area (Å²) in [6.07, 6.45) is 5.51. The van der Waals surface area contributed by atoms with Crippen LogP contribution in [-0.4, -0.2) is 4.98 Å². The molecule has 0 aliphatic carbocycles. The molecule has 0 unspecified atom stereocenters. The molecule has 0 fully saturated rings. The number of aromatic amines is 1. The summed E-state index contributed by atoms with van der Waals surface area (Å²) in [7, 11) is 0. The largest absolute Gasteiger partial charge is 0.384 e. The molecular weight excluding hydrogens is 254 g/mol. The van der Waals surface area contributed by atoms with Gasteiger partial charge in [-0.3, -0.25) is 0 Å². The molecule has 3 N–H and O–H groups in total. The van der Waals surface area contributed by atoms with E-state index in [-0.39, 0.29) is 5.82 Å². The minimum atomic E-state index is 0.238. The van der Waals surface area contributed by atoms with Crippen LogP contribution in [0.2, 0.25) is 0 Å². The Morgan fingerprint density at radius 1 is 1.26 bits per heavy atom. The van der Waals surface area contributed by atoms with Crippen molar-refractivity contribution in [3.8, 4) is 29.5 Å². The molecule has 92 valence electrons. The molecule has 2 aromatic rings. The summed E-state index contributed by atoms with van der Waals surface area (Å²) < 4.78 is 0.370. The molecule has 0 bridgehead atoms. The average molecular weight is 265 g/mol. The molecule has 0 radical (unpaired) electrons. The number of nitriles is 1. The number of aromatic nitrogens is 1. The van der Waals surface area contributed by atoms with E-state index in [2.05, 4.69) is 17.0 Å². The molecule has 4 heteroatoms. The van der Waals surface area contributed by atoms with Gasteiger partial charge in [-0.15, -0.1) is 6.42 Å². The number of nitrogens with one attached hydrogen (secondary N) is 1. The van der Waals surface area contributed by atoms with Crippen molar-refractivity contribution < 1.29 is 0 Å². The van der Waals surface area contributed by atoms with E-state index in [0.717, 1.165) is 11.1 Å². The topological polar surface area (TPSA) is 65.6 Å². The second-order valence-electron chi connectivity index (χ2n) is 4.11. The Balaban J connectivity index is 2.89. The lowest BCUT2D eigenvalue weighted by molar-refractivity contribution is 1.27. The lowest BCUT2D eigenvalue weighted by Crippen LogP contribution is -2.01. The Morgan fingerprint density at radius 2 is 1.89 bits per heavy atom. The van der Waals surface area contributed by atoms with Crippen molar-refractivity contribution in [3.63, 3.8) is 0 Å². The summed E-state index contributed by atoms with van der Waals surface area (Å²) in [4.78, 5) is 2.76. The minimum absolute atomic E-state index is 0.238. The first kappa shape index (κ1) is 12.9. The Hall–Kier alpha value is -2.56. The van der Waals surface area contributed by atoms with Gasteiger partial charge < -0.3 is 10.7 Å². The number of rotatable bonds is 1. The number of hydrogen-bond acceptors (Lipinski definition) is 3. The number of hydrogen-bond donors (Lipinski definition) is 2. The van der Waals surface area contributed by atoms with E-state index in [1.165, 1.54) is 0 Å². The van der Waals surface area contributed by atoms with Gasteiger partial charge in [-0.05, 0) is 12.5 Å². The highest BCUT2D eigenvalue weighted by atomic mass is 32.1. The number of aryl methyl sites for hydroxylation is 1. The first-order valence-electron chi connectivity index (χ1n) is 5.58. The highest BCUT2D eigenvalue weighted by molar-refractivity contribution is 7.71. The van der Waals surface area contributed by atoms with Crippen LogP contribution < -0.4 is 5.73 Å². The van der Waals surface area contributed by atoms with Gasteiger partial charge in [-0.25, -0.2) is 0 Å². The van der Waals surface area contributed by atoms with Crippen molar-refractivity contribution in [2.75, 3.05) is 5.73 Å². The fourth-order valence-corrected chi connectivity index (χ4v) is 2.15. The minimum Gasteiger partial charge on any atom is -0.384 e. The van der Waals surface area contributed by atoms with Crippen LogP contribution in [0.25, 0.3) is 11.1 Å². The summed E-state index contributed by atoms with van der Waals surface area (Å²) >= 11 is 5.17. The number of nitrogen functional groups attached to an aromatic ring is 1. The van der Waals surface area contributed by atoms with E-state index in [9.17, 15) is 5.26 Å². The number of nitrogens with two attached hydrogens (primary N) is 1. The van der Waals surface area contributed by atoms with Gasteiger partial charge in [0.05, 0.1) is 5.56 Å². The standard InChI is InChI=1S/C15H11N3S/c1-3-11-13(10-6-4-9(2)5-7-10)12(8-16)14(17)18-15(11)19/h1,4-7H,2H3,(H3,17,18,19). The molecule has 0 aliphatic rings. The Kier molecular flexibility index (Phi) is 3.37. The number of terminal acetylenes is 1. The lowest BCUT2D eigenvalue weighted by atomic mass is 9.96. The van der Waals surface area contributed by atoms with Crippen molar-refractivity contribution in [2.24, 2.45) is 0 Å². The van der Waals surface area contributed by atoms with E-state index in [4.69, 9.17) is 24.4 Å². The second kappa shape index (κ2) is 4.97. The molecule has 0 amide bonds. The van der Waals surface area contributed by atoms with Gasteiger partial charge in [0, 0.05) is 5.56 Å². The number of nitrogens with zero attached hydrogens (tertiary/aromatic N) is 1. The SMILES string of the molecule is C#Cc1c(-c2ccc(C)cc2)c(C#N)c(N)[nH]c1=S. The first-order chi connectivity index (χ1) is 9.08. The molecule has 0 saturated carbocycles. The Morgan fingerprint density at radius 3 is 2.42 bits per heavy atom. The summed E-state index contributed by atoms with van der Waals surface area (Å²) in [6.45, 7) is 1.99. The van der Waals surface area contributed by atoms with Gasteiger partial charge in [-0.2, -0.15) is 5.26 Å². The highest BCUT2D eigenvalue weighted by Gasteiger charge is 2.14. The van der Waals surface area contributed by atoms with Crippen molar-refractivity contribution in [2.45, 2.75) is 6.92 Å². The Labute approximate surface area is 116 Å². The maximum absolute atomic E-state index is 9.27. The number of benzene rings is 1. The lowest BCUT2D eigenvalue weighted by Gasteiger charge is -2.10. The van der Waals surface area contributed by atoms with Crippen LogP contribution in [0.4, 0.5) is 5.82 Å². The number of H-pyrrole nitrogens is 1. The third kappa shape index (κ3) is 2.22. The third-order valence-electron chi connectivity index (χ3n) is 2.84. The van der Waals surface area contributed by atoms with Crippen molar-refractivity contribution in [1.29, 1.82) is 5.26 Å². The quantitative estimate of drug-likeness (QED) is 0.615. The summed E-state index contributed by atoms with van der Waals surface area (Å²) in [5.41, 5.74) is 9.20. The predicted molar refractivity (Wildman–Crippen MR) is 78.9 cm³/mol. The van der Waals surface area contributed by atoms with Crippen LogP contribution in [0.3, 0.4) is 0 Å². The van der Waals surface area contributed by atoms with Gasteiger partial charge in [0.1, 0.15) is 22.1 Å². The van der Waals surface area contributed by atoms with Gasteiger partial charge in [0.2, 0.25) is 0 Å². The molecule has 2 rings (SSSR count). The zero-order chi connectivity index (χ0) is 14.0. The van der Waals surface area contributed by atoms with Crippen molar-refractivity contribution in [3.05, 3.63) is 45.6 Å². The second-order valence-corrected chi connectivity index (χ2v) is 4.52. The first-order valence-corrected chi connectivity index (χ1v) is 5.98. The van der Waals surface area contributed by atoms with E-state index in [1.54, 1.807) is 0 Å². The Bertz CT molecular complexity index is 771. The van der Waals surface area contributed by atoms with E-state index in [1.807, 2.05) is 31.2 Å². The van der Waals surface area contributed by atoms with E-state index < -0.39 is 0 Å². The molecule has 0 saturated heterocycles. The van der Waals surface area contributed by atoms with Gasteiger partial charge in [0.25, 0.3) is 0 Å². The molecule has 1 aromatic heterocycles. The maximum Gasteiger partial charge on any atom is 0.121 e. The maximum atomic E-state index is 9.27. The van der Waals surface area contributed by atoms with Crippen LogP contribution in [0.1, 0.15) is 16.7 Å². The van der Waals surface area contributed by atoms with Crippen LogP contribution in [0.15, 0.2) is 24.3 Å². The van der Waals surface area contributed by atoms with Crippen molar-refractivity contribution in [1.82, 2.24) is 4.98 Å². The smallest absolute Gasteiger partial charge is 0.121 e. The van der Waals surface area contributed by atoms with Crippen LogP contribution >= 0.6 is 12.2 Å². The fraction of sp³-hybridized carbons (Fsp3) is 0.0667. The van der Waals surface area contributed by atoms with Crippen LogP contribution in [0.5, 0.6) is 0 Å². The molecule has 0 spiro atoms. The highest BCUT2D eigenvalue weighted by Crippen LogP contribution is 2.30. The normalized spacial score (nSPS) is 9.63. The zero-order valence-electron chi connectivity index (χ0n) is 10.3. The molecule has 19 heavy (non-hydrogen) atoms. The molecule has 3 nitrogen and oxygen atoms in total. The van der Waals surface area contributed by atoms with Gasteiger partial charge in [-0.1, -0.05) is 48.0 Å². The number of pyridine rings is 1. The molecule has 0 atom stereocenters. The number of anilines is 1. The summed E-state index contributed by atoms with van der Waals surface area (Å²) in [5.74, 6) is 2.77. The van der Waals surface area contributed by atoms with Crippen LogP contribution in [0, 0.1) is 35.2 Å². The molecule has 1 heterocycles. The molecule has 0 aliphatic heterocycles. The molecule has 1 aromatic carbocycles.